The minimum atomic E-state index is -0.484. The van der Waals surface area contributed by atoms with Gasteiger partial charge in [0.1, 0.15) is 5.25 Å². The third-order valence-corrected chi connectivity index (χ3v) is 4.97. The van der Waals surface area contributed by atoms with E-state index in [9.17, 15) is 14.4 Å². The molecule has 0 aliphatic carbocycles. The molecule has 2 rings (SSSR count). The van der Waals surface area contributed by atoms with E-state index in [0.29, 0.717) is 16.3 Å². The van der Waals surface area contributed by atoms with Crippen molar-refractivity contribution in [1.82, 2.24) is 4.90 Å². The van der Waals surface area contributed by atoms with E-state index in [1.165, 1.54) is 16.7 Å². The number of nitrogens with one attached hydrogen (secondary N) is 1. The minimum Gasteiger partial charge on any atom is -0.455 e. The molecule has 0 radical (unpaired) electrons. The molecule has 8 heteroatoms. The molecule has 2 amide bonds. The lowest BCUT2D eigenvalue weighted by Gasteiger charge is -2.12. The fourth-order valence-corrected chi connectivity index (χ4v) is 3.16. The second-order valence-electron chi connectivity index (χ2n) is 6.15. The number of anilines is 1. The predicted molar refractivity (Wildman–Crippen MR) is 111 cm³/mol. The Morgan fingerprint density at radius 2 is 1.68 bits per heavy atom. The van der Waals surface area contributed by atoms with Crippen molar-refractivity contribution in [2.24, 2.45) is 0 Å². The summed E-state index contributed by atoms with van der Waals surface area (Å²) in [4.78, 5) is 38.2. The molecule has 2 aromatic rings. The highest BCUT2D eigenvalue weighted by Gasteiger charge is 2.17. The van der Waals surface area contributed by atoms with Gasteiger partial charge in [-0.05, 0) is 55.5 Å². The van der Waals surface area contributed by atoms with E-state index < -0.39 is 17.1 Å². The molecule has 0 saturated carbocycles. The number of nitrogens with zero attached hydrogens (tertiary/aromatic N) is 1. The van der Waals surface area contributed by atoms with E-state index in [-0.39, 0.29) is 12.5 Å². The van der Waals surface area contributed by atoms with Crippen LogP contribution in [0.3, 0.4) is 0 Å². The number of amides is 2. The average Bonchev–Trinajstić information content (AvgIpc) is 2.67. The van der Waals surface area contributed by atoms with Crippen LogP contribution >= 0.6 is 23.4 Å². The summed E-state index contributed by atoms with van der Waals surface area (Å²) in [5.41, 5.74) is 1.03. The molecule has 1 atom stereocenters. The van der Waals surface area contributed by atoms with Gasteiger partial charge in [0.15, 0.2) is 6.61 Å². The van der Waals surface area contributed by atoms with Crippen LogP contribution < -0.4 is 5.32 Å². The first-order valence-corrected chi connectivity index (χ1v) is 9.72. The van der Waals surface area contributed by atoms with E-state index in [1.54, 1.807) is 57.4 Å². The van der Waals surface area contributed by atoms with Crippen LogP contribution in [0.2, 0.25) is 5.02 Å². The molecule has 28 heavy (non-hydrogen) atoms. The molecule has 0 heterocycles. The maximum atomic E-state index is 12.1. The second kappa shape index (κ2) is 10.1. The molecule has 148 valence electrons. The number of carbonyl (C=O) groups excluding carboxylic acids is 3. The van der Waals surface area contributed by atoms with Crippen LogP contribution in [0.25, 0.3) is 0 Å². The van der Waals surface area contributed by atoms with Gasteiger partial charge in [-0.25, -0.2) is 0 Å². The van der Waals surface area contributed by atoms with Gasteiger partial charge in [-0.1, -0.05) is 11.6 Å². The van der Waals surface area contributed by atoms with Gasteiger partial charge in [-0.2, -0.15) is 0 Å². The second-order valence-corrected chi connectivity index (χ2v) is 8.00. The molecule has 2 aromatic carbocycles. The van der Waals surface area contributed by atoms with Crippen molar-refractivity contribution in [3.8, 4) is 0 Å². The van der Waals surface area contributed by atoms with Gasteiger partial charge in [-0.15, -0.1) is 11.8 Å². The molecule has 0 unspecified atom stereocenters. The highest BCUT2D eigenvalue weighted by molar-refractivity contribution is 8.00. The van der Waals surface area contributed by atoms with Gasteiger partial charge in [0.2, 0.25) is 0 Å². The van der Waals surface area contributed by atoms with Gasteiger partial charge in [0.05, 0.1) is 0 Å². The topological polar surface area (TPSA) is 75.7 Å². The summed E-state index contributed by atoms with van der Waals surface area (Å²) >= 11 is 7.16. The maximum Gasteiger partial charge on any atom is 0.319 e. The van der Waals surface area contributed by atoms with Crippen LogP contribution in [-0.4, -0.2) is 48.6 Å². The smallest absolute Gasteiger partial charge is 0.319 e. The number of thioether (sulfide) groups is 1. The number of rotatable bonds is 7. The number of benzene rings is 2. The Labute approximate surface area is 173 Å². The number of carbonyl (C=O) groups is 3. The molecule has 0 fully saturated rings. The molecule has 0 spiro atoms. The summed E-state index contributed by atoms with van der Waals surface area (Å²) in [5.74, 6) is -1.07. The van der Waals surface area contributed by atoms with Gasteiger partial charge >= 0.3 is 5.97 Å². The van der Waals surface area contributed by atoms with Gasteiger partial charge < -0.3 is 15.0 Å². The molecule has 1 N–H and O–H groups in total. The highest BCUT2D eigenvalue weighted by atomic mass is 35.5. The summed E-state index contributed by atoms with van der Waals surface area (Å²) in [6.07, 6.45) is 0. The number of esters is 1. The molecule has 0 bridgehead atoms. The highest BCUT2D eigenvalue weighted by Crippen LogP contribution is 2.25. The largest absolute Gasteiger partial charge is 0.455 e. The summed E-state index contributed by atoms with van der Waals surface area (Å²) in [7, 11) is 3.33. The van der Waals surface area contributed by atoms with Crippen molar-refractivity contribution in [3.05, 3.63) is 59.1 Å². The van der Waals surface area contributed by atoms with Crippen molar-refractivity contribution in [2.75, 3.05) is 26.0 Å². The molecular formula is C20H21ClN2O4S. The monoisotopic (exact) mass is 420 g/mol. The Balaban J connectivity index is 1.80. The molecule has 0 aliphatic heterocycles. The molecule has 6 nitrogen and oxygen atoms in total. The standard InChI is InChI=1S/C20H21ClN2O4S/c1-13(28-17-10-6-15(21)7-11-17)20(26)27-12-18(24)22-16-8-4-14(5-9-16)19(25)23(2)3/h4-11,13H,12H2,1-3H3,(H,22,24)/t13-/m0/s1. The first-order valence-electron chi connectivity index (χ1n) is 8.46. The zero-order valence-electron chi connectivity index (χ0n) is 15.8. The summed E-state index contributed by atoms with van der Waals surface area (Å²) < 4.78 is 5.07. The average molecular weight is 421 g/mol. The van der Waals surface area contributed by atoms with Gasteiger partial charge in [0, 0.05) is 35.3 Å². The SMILES string of the molecule is C[C@H](Sc1ccc(Cl)cc1)C(=O)OCC(=O)Nc1ccc(C(=O)N(C)C)cc1. The van der Waals surface area contributed by atoms with Crippen LogP contribution in [0.1, 0.15) is 17.3 Å². The number of hydrogen-bond donors (Lipinski definition) is 1. The molecule has 0 aliphatic rings. The quantitative estimate of drug-likeness (QED) is 0.546. The fraction of sp³-hybridized carbons (Fsp3) is 0.250. The van der Waals surface area contributed by atoms with Gasteiger partial charge in [0.25, 0.3) is 11.8 Å². The van der Waals surface area contributed by atoms with E-state index >= 15 is 0 Å². The Morgan fingerprint density at radius 1 is 1.07 bits per heavy atom. The number of hydrogen-bond acceptors (Lipinski definition) is 5. The lowest BCUT2D eigenvalue weighted by molar-refractivity contribution is -0.146. The lowest BCUT2D eigenvalue weighted by Crippen LogP contribution is -2.25. The summed E-state index contributed by atoms with van der Waals surface area (Å²) in [5, 5.41) is 2.78. The summed E-state index contributed by atoms with van der Waals surface area (Å²) in [6, 6.07) is 13.6. The van der Waals surface area contributed by atoms with Crippen molar-refractivity contribution in [3.63, 3.8) is 0 Å². The van der Waals surface area contributed by atoms with Crippen molar-refractivity contribution in [1.29, 1.82) is 0 Å². The lowest BCUT2D eigenvalue weighted by atomic mass is 10.2. The van der Waals surface area contributed by atoms with Gasteiger partial charge in [-0.3, -0.25) is 14.4 Å². The molecular weight excluding hydrogens is 400 g/mol. The first-order chi connectivity index (χ1) is 13.3. The Morgan fingerprint density at radius 3 is 2.25 bits per heavy atom. The van der Waals surface area contributed by atoms with E-state index in [0.717, 1.165) is 4.90 Å². The maximum absolute atomic E-state index is 12.1. The third-order valence-electron chi connectivity index (χ3n) is 3.63. The Bertz CT molecular complexity index is 838. The van der Waals surface area contributed by atoms with Crippen LogP contribution in [0.5, 0.6) is 0 Å². The first kappa shape index (κ1) is 21.8. The molecule has 0 saturated heterocycles. The van der Waals surface area contributed by atoms with Crippen molar-refractivity contribution in [2.45, 2.75) is 17.1 Å². The van der Waals surface area contributed by atoms with Crippen LogP contribution in [0, 0.1) is 0 Å². The Hall–Kier alpha value is -2.51. The minimum absolute atomic E-state index is 0.126. The van der Waals surface area contributed by atoms with E-state index in [1.807, 2.05) is 12.1 Å². The fourth-order valence-electron chi connectivity index (χ4n) is 2.17. The van der Waals surface area contributed by atoms with Crippen LogP contribution in [-0.2, 0) is 14.3 Å². The zero-order valence-corrected chi connectivity index (χ0v) is 17.3. The zero-order chi connectivity index (χ0) is 20.7. The summed E-state index contributed by atoms with van der Waals surface area (Å²) in [6.45, 7) is 1.32. The number of ether oxygens (including phenoxy) is 1. The number of halogens is 1. The van der Waals surface area contributed by atoms with Crippen molar-refractivity contribution >= 4 is 46.8 Å². The van der Waals surface area contributed by atoms with Crippen molar-refractivity contribution < 1.29 is 19.1 Å². The van der Waals surface area contributed by atoms with Crippen LogP contribution in [0.15, 0.2) is 53.4 Å². The van der Waals surface area contributed by atoms with E-state index in [4.69, 9.17) is 16.3 Å². The Kier molecular flexibility index (Phi) is 7.90. The normalized spacial score (nSPS) is 11.4. The predicted octanol–water partition coefficient (Wildman–Crippen LogP) is 3.70. The van der Waals surface area contributed by atoms with Crippen LogP contribution in [0.4, 0.5) is 5.69 Å². The third kappa shape index (κ3) is 6.58. The molecule has 0 aromatic heterocycles. The van der Waals surface area contributed by atoms with E-state index in [2.05, 4.69) is 5.32 Å².